The lowest BCUT2D eigenvalue weighted by Crippen LogP contribution is -2.13. The fraction of sp³-hybridized carbons (Fsp3) is 0.857. The molecule has 0 aromatic carbocycles. The first-order valence-corrected chi connectivity index (χ1v) is 5.77. The van der Waals surface area contributed by atoms with E-state index in [9.17, 15) is 9.69 Å². The summed E-state index contributed by atoms with van der Waals surface area (Å²) < 4.78 is 14.8. The number of ether oxygens (including phenoxy) is 1. The van der Waals surface area contributed by atoms with Crippen LogP contribution in [-0.4, -0.2) is 36.3 Å². The summed E-state index contributed by atoms with van der Waals surface area (Å²) in [5, 5.41) is 0. The lowest BCUT2D eigenvalue weighted by molar-refractivity contribution is -0.137. The van der Waals surface area contributed by atoms with Gasteiger partial charge in [0.15, 0.2) is 0 Å². The molecule has 0 amide bonds. The van der Waals surface area contributed by atoms with Gasteiger partial charge in [0.25, 0.3) is 0 Å². The molecule has 0 saturated carbocycles. The smallest absolute Gasteiger partial charge is 0.316 e. The average molecular weight is 209 g/mol. The fourth-order valence-corrected chi connectivity index (χ4v) is 3.05. The van der Waals surface area contributed by atoms with Crippen molar-refractivity contribution in [1.82, 2.24) is 0 Å². The third-order valence-electron chi connectivity index (χ3n) is 1.88. The summed E-state index contributed by atoms with van der Waals surface area (Å²) in [5.74, 6) is -0.517. The van der Waals surface area contributed by atoms with E-state index >= 15 is 0 Å². The minimum absolute atomic E-state index is 0.178. The molecule has 6 heteroatoms. The Morgan fingerprint density at radius 3 is 2.31 bits per heavy atom. The van der Waals surface area contributed by atoms with Crippen molar-refractivity contribution in [2.45, 2.75) is 26.1 Å². The molecule has 2 atom stereocenters. The van der Waals surface area contributed by atoms with Crippen molar-refractivity contribution < 1.29 is 23.5 Å². The molecule has 0 bridgehead atoms. The van der Waals surface area contributed by atoms with E-state index < -0.39 is 13.9 Å². The summed E-state index contributed by atoms with van der Waals surface area (Å²) in [5.41, 5.74) is 0. The van der Waals surface area contributed by atoms with E-state index in [1.807, 2.05) is 0 Å². The molecule has 1 rings (SSSR count). The summed E-state index contributed by atoms with van der Waals surface area (Å²) in [4.78, 5) is 20.6. The maximum absolute atomic E-state index is 10.9. The molecule has 1 N–H and O–H groups in total. The van der Waals surface area contributed by atoms with E-state index in [2.05, 4.69) is 4.74 Å². The molecule has 0 aromatic rings. The molecular formula is C7H14O5P. The minimum Gasteiger partial charge on any atom is -0.469 e. The monoisotopic (exact) mass is 209 g/mol. The van der Waals surface area contributed by atoms with Crippen LogP contribution in [0.2, 0.25) is 0 Å². The Bertz CT molecular complexity index is 197. The van der Waals surface area contributed by atoms with E-state index in [4.69, 9.17) is 9.05 Å². The highest BCUT2D eigenvalue weighted by Gasteiger charge is 2.43. The van der Waals surface area contributed by atoms with Gasteiger partial charge in [-0.25, -0.2) is 0 Å². The molecule has 1 aliphatic rings. The zero-order valence-electron chi connectivity index (χ0n) is 7.89. The molecule has 0 aromatic heterocycles. The van der Waals surface area contributed by atoms with Gasteiger partial charge in [-0.3, -0.25) is 4.79 Å². The van der Waals surface area contributed by atoms with E-state index in [-0.39, 0.29) is 18.4 Å². The normalized spacial score (nSPS) is 39.1. The summed E-state index contributed by atoms with van der Waals surface area (Å²) in [6.45, 7) is 3.58. The lowest BCUT2D eigenvalue weighted by Gasteiger charge is -2.20. The van der Waals surface area contributed by atoms with Crippen LogP contribution in [0.3, 0.4) is 0 Å². The average Bonchev–Trinajstić information content (AvgIpc) is 2.25. The summed E-state index contributed by atoms with van der Waals surface area (Å²) in [7, 11) is -1.72. The zero-order chi connectivity index (χ0) is 10.1. The van der Waals surface area contributed by atoms with Crippen LogP contribution < -0.4 is 0 Å². The predicted octanol–water partition coefficient (Wildman–Crippen LogP) is 0.738. The van der Waals surface area contributed by atoms with Crippen LogP contribution in [0.5, 0.6) is 0 Å². The minimum atomic E-state index is -2.98. The van der Waals surface area contributed by atoms with Gasteiger partial charge in [-0.2, -0.15) is 0 Å². The summed E-state index contributed by atoms with van der Waals surface area (Å²) in [6, 6.07) is 0. The number of methoxy groups -OCH3 is 1. The number of rotatable bonds is 2. The molecule has 1 heterocycles. The third-order valence-corrected chi connectivity index (χ3v) is 3.86. The number of carbonyl (C=O) groups excluding carboxylic acids is 1. The number of hydrogen-bond acceptors (Lipinski definition) is 5. The standard InChI is InChI=1S/C7H14O5P/c1-5-6(2)12-13(9,11-5)4-7(8)10-3/h5-6,9H,4H2,1-3H3. The molecule has 0 aliphatic carbocycles. The quantitative estimate of drug-likeness (QED) is 0.536. The highest BCUT2D eigenvalue weighted by atomic mass is 31.2. The van der Waals surface area contributed by atoms with Crippen molar-refractivity contribution in [2.75, 3.05) is 13.3 Å². The molecule has 77 valence electrons. The molecule has 2 unspecified atom stereocenters. The number of hydrogen-bond donors (Lipinski definition) is 1. The molecule has 1 radical (unpaired) electrons. The second-order valence-corrected chi connectivity index (χ2v) is 5.01. The molecule has 0 spiro atoms. The number of carbonyl (C=O) groups is 1. The van der Waals surface area contributed by atoms with Gasteiger partial charge < -0.3 is 18.7 Å². The SMILES string of the molecule is COC(=O)C[P]1(O)OC(C)C(C)O1. The molecule has 1 aliphatic heterocycles. The van der Waals surface area contributed by atoms with Crippen LogP contribution in [0.4, 0.5) is 0 Å². The van der Waals surface area contributed by atoms with E-state index in [0.717, 1.165) is 0 Å². The lowest BCUT2D eigenvalue weighted by atomic mass is 10.3. The Kier molecular flexibility index (Phi) is 3.24. The molecule has 1 fully saturated rings. The zero-order valence-corrected chi connectivity index (χ0v) is 8.78. The van der Waals surface area contributed by atoms with E-state index in [1.165, 1.54) is 7.11 Å². The topological polar surface area (TPSA) is 65.0 Å². The third kappa shape index (κ3) is 2.61. The Hall–Kier alpha value is -0.220. The summed E-state index contributed by atoms with van der Waals surface area (Å²) >= 11 is 0. The van der Waals surface area contributed by atoms with Crippen molar-refractivity contribution in [3.8, 4) is 0 Å². The largest absolute Gasteiger partial charge is 0.469 e. The molecule has 5 nitrogen and oxygen atoms in total. The van der Waals surface area contributed by atoms with Gasteiger partial charge in [0.2, 0.25) is 7.94 Å². The highest BCUT2D eigenvalue weighted by molar-refractivity contribution is 7.61. The van der Waals surface area contributed by atoms with Crippen molar-refractivity contribution >= 4 is 13.9 Å². The second kappa shape index (κ2) is 3.88. The molecule has 13 heavy (non-hydrogen) atoms. The van der Waals surface area contributed by atoms with Crippen LogP contribution in [0.15, 0.2) is 0 Å². The Morgan fingerprint density at radius 1 is 1.46 bits per heavy atom. The molecular weight excluding hydrogens is 195 g/mol. The predicted molar refractivity (Wildman–Crippen MR) is 47.1 cm³/mol. The van der Waals surface area contributed by atoms with Gasteiger partial charge >= 0.3 is 5.97 Å². The van der Waals surface area contributed by atoms with Gasteiger partial charge in [0, 0.05) is 0 Å². The van der Waals surface area contributed by atoms with Gasteiger partial charge in [0.05, 0.1) is 19.3 Å². The van der Waals surface area contributed by atoms with E-state index in [1.54, 1.807) is 13.8 Å². The van der Waals surface area contributed by atoms with Gasteiger partial charge in [-0.15, -0.1) is 0 Å². The van der Waals surface area contributed by atoms with Crippen molar-refractivity contribution in [1.29, 1.82) is 0 Å². The van der Waals surface area contributed by atoms with Gasteiger partial charge in [-0.1, -0.05) is 0 Å². The first kappa shape index (κ1) is 10.9. The van der Waals surface area contributed by atoms with E-state index in [0.29, 0.717) is 0 Å². The van der Waals surface area contributed by atoms with Crippen molar-refractivity contribution in [3.63, 3.8) is 0 Å². The first-order chi connectivity index (χ1) is 5.97. The van der Waals surface area contributed by atoms with Crippen LogP contribution >= 0.6 is 7.94 Å². The maximum Gasteiger partial charge on any atom is 0.316 e. The van der Waals surface area contributed by atoms with Crippen LogP contribution in [0, 0.1) is 0 Å². The maximum atomic E-state index is 10.9. The first-order valence-electron chi connectivity index (χ1n) is 4.01. The Balaban J connectivity index is 2.54. The Morgan fingerprint density at radius 2 is 1.92 bits per heavy atom. The fourth-order valence-electron chi connectivity index (χ4n) is 1.02. The second-order valence-electron chi connectivity index (χ2n) is 2.99. The number of esters is 1. The van der Waals surface area contributed by atoms with Crippen LogP contribution in [-0.2, 0) is 18.6 Å². The van der Waals surface area contributed by atoms with Crippen molar-refractivity contribution in [3.05, 3.63) is 0 Å². The summed E-state index contributed by atoms with van der Waals surface area (Å²) in [6.07, 6.45) is -0.552. The van der Waals surface area contributed by atoms with Crippen LogP contribution in [0.25, 0.3) is 0 Å². The van der Waals surface area contributed by atoms with Crippen molar-refractivity contribution in [2.24, 2.45) is 0 Å². The van der Waals surface area contributed by atoms with Gasteiger partial charge in [-0.05, 0) is 13.8 Å². The van der Waals surface area contributed by atoms with Gasteiger partial charge in [0.1, 0.15) is 6.16 Å². The Labute approximate surface area is 77.6 Å². The highest BCUT2D eigenvalue weighted by Crippen LogP contribution is 2.63. The molecule has 1 saturated heterocycles. The van der Waals surface area contributed by atoms with Crippen LogP contribution in [0.1, 0.15) is 13.8 Å².